The average Bonchev–Trinajstić information content (AvgIpc) is 1.65. The minimum atomic E-state index is -1.50. The van der Waals surface area contributed by atoms with Gasteiger partial charge in [-0.15, -0.1) is 15.2 Å². The highest BCUT2D eigenvalue weighted by Crippen LogP contribution is 1.38. The summed E-state index contributed by atoms with van der Waals surface area (Å²) in [6, 6.07) is 0. The lowest BCUT2D eigenvalue weighted by Crippen LogP contribution is -2.23. The number of hydrogen-bond donors (Lipinski definition) is 4. The van der Waals surface area contributed by atoms with Crippen LogP contribution in [0.25, 0.3) is 0 Å². The SMILES string of the molecule is NN=C(N)N.O=[N+]([O-])O. The van der Waals surface area contributed by atoms with Crippen molar-refractivity contribution in [2.24, 2.45) is 22.4 Å². The van der Waals surface area contributed by atoms with Crippen LogP contribution in [0.5, 0.6) is 0 Å². The van der Waals surface area contributed by atoms with E-state index >= 15 is 0 Å². The van der Waals surface area contributed by atoms with Gasteiger partial charge in [-0.3, -0.25) is 0 Å². The predicted octanol–water partition coefficient (Wildman–Crippen LogP) is -2.21. The zero-order valence-corrected chi connectivity index (χ0v) is 4.39. The number of nitrogens with two attached hydrogens (primary N) is 3. The van der Waals surface area contributed by atoms with Crippen LogP contribution in [0.1, 0.15) is 0 Å². The molecule has 0 atom stereocenters. The molecule has 0 aromatic carbocycles. The van der Waals surface area contributed by atoms with E-state index in [1.165, 1.54) is 0 Å². The van der Waals surface area contributed by atoms with E-state index in [9.17, 15) is 0 Å². The molecule has 0 aliphatic heterocycles. The molecule has 0 rings (SSSR count). The second-order valence-electron chi connectivity index (χ2n) is 0.792. The van der Waals surface area contributed by atoms with E-state index in [1.807, 2.05) is 0 Å². The Morgan fingerprint density at radius 2 is 1.78 bits per heavy atom. The molecule has 0 aromatic heterocycles. The molecule has 0 fully saturated rings. The zero-order chi connectivity index (χ0) is 7.86. The minimum absolute atomic E-state index is 0.0926. The van der Waals surface area contributed by atoms with Crippen molar-refractivity contribution in [1.29, 1.82) is 0 Å². The Kier molecular flexibility index (Phi) is 7.17. The molecule has 0 unspecified atom stereocenters. The molecule has 0 spiro atoms. The van der Waals surface area contributed by atoms with E-state index < -0.39 is 5.09 Å². The van der Waals surface area contributed by atoms with E-state index in [2.05, 4.69) is 10.9 Å². The van der Waals surface area contributed by atoms with E-state index in [4.69, 9.17) is 26.8 Å². The van der Waals surface area contributed by atoms with Crippen LogP contribution in [-0.4, -0.2) is 16.3 Å². The number of nitrogens with zero attached hydrogens (tertiary/aromatic N) is 2. The lowest BCUT2D eigenvalue weighted by atomic mass is 11.1. The van der Waals surface area contributed by atoms with Crippen LogP contribution in [0.3, 0.4) is 0 Å². The Morgan fingerprint density at radius 3 is 1.78 bits per heavy atom. The Labute approximate surface area is 50.0 Å². The fourth-order valence-corrected chi connectivity index (χ4v) is 0. The van der Waals surface area contributed by atoms with Crippen LogP contribution in [0.2, 0.25) is 0 Å². The van der Waals surface area contributed by atoms with Crippen molar-refractivity contribution in [2.75, 3.05) is 0 Å². The van der Waals surface area contributed by atoms with Crippen LogP contribution in [0.15, 0.2) is 5.10 Å². The van der Waals surface area contributed by atoms with Gasteiger partial charge in [0.15, 0.2) is 0 Å². The van der Waals surface area contributed by atoms with Crippen molar-refractivity contribution in [1.82, 2.24) is 0 Å². The van der Waals surface area contributed by atoms with Gasteiger partial charge in [-0.1, -0.05) is 0 Å². The monoisotopic (exact) mass is 137 g/mol. The molecule has 0 aliphatic rings. The maximum absolute atomic E-state index is 8.36. The van der Waals surface area contributed by atoms with Gasteiger partial charge in [0.05, 0.1) is 0 Å². The maximum atomic E-state index is 8.36. The topological polar surface area (TPSA) is 154 Å². The summed E-state index contributed by atoms with van der Waals surface area (Å²) >= 11 is 0. The Morgan fingerprint density at radius 1 is 1.67 bits per heavy atom. The number of guanidine groups is 1. The number of rotatable bonds is 0. The Hall–Kier alpha value is -1.73. The van der Waals surface area contributed by atoms with Gasteiger partial charge in [-0.05, 0) is 0 Å². The molecule has 0 saturated carbocycles. The van der Waals surface area contributed by atoms with Gasteiger partial charge in [0.1, 0.15) is 0 Å². The second-order valence-corrected chi connectivity index (χ2v) is 0.792. The van der Waals surface area contributed by atoms with Crippen LogP contribution in [0, 0.1) is 10.1 Å². The fourth-order valence-electron chi connectivity index (χ4n) is 0. The van der Waals surface area contributed by atoms with Gasteiger partial charge in [-0.2, -0.15) is 0 Å². The molecule has 0 saturated heterocycles. The fraction of sp³-hybridized carbons (Fsp3) is 0. The summed E-state index contributed by atoms with van der Waals surface area (Å²) in [6.45, 7) is 0. The first-order chi connectivity index (χ1) is 4.00. The van der Waals surface area contributed by atoms with Gasteiger partial charge in [-0.25, -0.2) is 0 Å². The van der Waals surface area contributed by atoms with E-state index in [-0.39, 0.29) is 5.96 Å². The Bertz CT molecular complexity index is 101. The second kappa shape index (κ2) is 6.27. The first-order valence-corrected chi connectivity index (χ1v) is 1.62. The highest BCUT2D eigenvalue weighted by atomic mass is 16.9. The van der Waals surface area contributed by atoms with Crippen molar-refractivity contribution < 1.29 is 10.3 Å². The summed E-state index contributed by atoms with van der Waals surface area (Å²) in [5, 5.41) is 16.5. The summed E-state index contributed by atoms with van der Waals surface area (Å²) in [7, 11) is 0. The molecule has 0 aliphatic carbocycles. The van der Waals surface area contributed by atoms with Gasteiger partial charge in [0.2, 0.25) is 5.96 Å². The number of hydrogen-bond acceptors (Lipinski definition) is 4. The molecule has 8 heteroatoms. The molecular formula is CH7N5O3. The maximum Gasteiger partial charge on any atom is 0.291 e. The lowest BCUT2D eigenvalue weighted by Gasteiger charge is -1.76. The van der Waals surface area contributed by atoms with Crippen molar-refractivity contribution >= 4 is 5.96 Å². The highest BCUT2D eigenvalue weighted by Gasteiger charge is 1.65. The molecular weight excluding hydrogens is 130 g/mol. The lowest BCUT2D eigenvalue weighted by molar-refractivity contribution is -0.742. The molecule has 0 aromatic rings. The van der Waals surface area contributed by atoms with Crippen LogP contribution >= 0.6 is 0 Å². The standard InChI is InChI=1S/CH6N4.HNO3/c2-1(3)5-4;2-1(3)4/h4H2,(H4,2,3,5);(H,2,3,4). The normalized spacial score (nSPS) is 6.22. The van der Waals surface area contributed by atoms with Crippen LogP contribution in [-0.2, 0) is 0 Å². The van der Waals surface area contributed by atoms with Crippen LogP contribution < -0.4 is 17.3 Å². The van der Waals surface area contributed by atoms with E-state index in [0.717, 1.165) is 0 Å². The summed E-state index contributed by atoms with van der Waals surface area (Å²) in [6.07, 6.45) is 0. The Balaban J connectivity index is 0. The molecule has 9 heavy (non-hydrogen) atoms. The van der Waals surface area contributed by atoms with Gasteiger partial charge in [0, 0.05) is 0 Å². The zero-order valence-electron chi connectivity index (χ0n) is 4.39. The third-order valence-corrected chi connectivity index (χ3v) is 0.149. The third-order valence-electron chi connectivity index (χ3n) is 0.149. The van der Waals surface area contributed by atoms with Crippen molar-refractivity contribution in [2.45, 2.75) is 0 Å². The van der Waals surface area contributed by atoms with Gasteiger partial charge < -0.3 is 22.5 Å². The molecule has 0 bridgehead atoms. The van der Waals surface area contributed by atoms with Crippen LogP contribution in [0.4, 0.5) is 0 Å². The molecule has 54 valence electrons. The molecule has 8 nitrogen and oxygen atoms in total. The first-order valence-electron chi connectivity index (χ1n) is 1.62. The van der Waals surface area contributed by atoms with Gasteiger partial charge in [0.25, 0.3) is 5.09 Å². The third kappa shape index (κ3) is 1570. The summed E-state index contributed by atoms with van der Waals surface area (Å²) in [5.74, 6) is 4.42. The van der Waals surface area contributed by atoms with Crippen molar-refractivity contribution in [3.63, 3.8) is 0 Å². The summed E-state index contributed by atoms with van der Waals surface area (Å²) in [5.41, 5.74) is 9.39. The van der Waals surface area contributed by atoms with Gasteiger partial charge >= 0.3 is 0 Å². The van der Waals surface area contributed by atoms with E-state index in [1.54, 1.807) is 0 Å². The quantitative estimate of drug-likeness (QED) is 0.0974. The number of hydrazone groups is 1. The average molecular weight is 137 g/mol. The summed E-state index contributed by atoms with van der Waals surface area (Å²) < 4.78 is 0. The van der Waals surface area contributed by atoms with E-state index in [0.29, 0.717) is 0 Å². The van der Waals surface area contributed by atoms with Crippen molar-refractivity contribution in [3.05, 3.63) is 10.1 Å². The smallest absolute Gasteiger partial charge is 0.291 e. The molecule has 0 radical (unpaired) electrons. The highest BCUT2D eigenvalue weighted by molar-refractivity contribution is 5.75. The van der Waals surface area contributed by atoms with Crippen molar-refractivity contribution in [3.8, 4) is 0 Å². The molecule has 7 N–H and O–H groups in total. The largest absolute Gasteiger partial charge is 0.369 e. The summed E-state index contributed by atoms with van der Waals surface area (Å²) in [4.78, 5) is 8.36. The molecule has 0 amide bonds. The predicted molar refractivity (Wildman–Crippen MR) is 28.8 cm³/mol. The minimum Gasteiger partial charge on any atom is -0.369 e. The first kappa shape index (κ1) is 10.3. The molecule has 0 heterocycles.